The molecule has 0 bridgehead atoms. The number of aliphatic hydroxyl groups is 1. The van der Waals surface area contributed by atoms with Crippen molar-refractivity contribution in [3.63, 3.8) is 0 Å². The zero-order valence-corrected chi connectivity index (χ0v) is 13.9. The zero-order valence-electron chi connectivity index (χ0n) is 13.9. The van der Waals surface area contributed by atoms with E-state index in [0.717, 1.165) is 12.1 Å². The highest BCUT2D eigenvalue weighted by molar-refractivity contribution is 5.95. The molecule has 0 aliphatic heterocycles. The van der Waals surface area contributed by atoms with Crippen molar-refractivity contribution in [3.8, 4) is 0 Å². The summed E-state index contributed by atoms with van der Waals surface area (Å²) in [7, 11) is 0. The number of aromatic nitrogens is 1. The smallest absolute Gasteiger partial charge is 0.355 e. The Kier molecular flexibility index (Phi) is 5.53. The number of carbonyl (C=O) groups excluding carboxylic acids is 2. The predicted octanol–water partition coefficient (Wildman–Crippen LogP) is 2.76. The van der Waals surface area contributed by atoms with Crippen molar-refractivity contribution in [2.75, 3.05) is 11.9 Å². The molecule has 0 saturated carbocycles. The van der Waals surface area contributed by atoms with E-state index in [1.165, 1.54) is 6.07 Å². The Morgan fingerprint density at radius 3 is 2.52 bits per heavy atom. The first-order valence-corrected chi connectivity index (χ1v) is 7.49. The molecule has 8 heteroatoms. The summed E-state index contributed by atoms with van der Waals surface area (Å²) in [6.07, 6.45) is -0.755. The molecule has 2 rings (SSSR count). The van der Waals surface area contributed by atoms with Crippen LogP contribution in [0, 0.1) is 25.5 Å². The Hall–Kier alpha value is -2.74. The molecule has 3 N–H and O–H groups in total. The summed E-state index contributed by atoms with van der Waals surface area (Å²) in [4.78, 5) is 26.7. The lowest BCUT2D eigenvalue weighted by Crippen LogP contribution is -2.21. The van der Waals surface area contributed by atoms with Gasteiger partial charge >= 0.3 is 5.97 Å². The number of ether oxygens (including phenoxy) is 1. The standard InChI is InChI=1S/C17H18F2N2O4/c1-8-15(10(3)22)9(2)20-16(8)17(24)25-7-14(23)21-11-4-5-12(18)13(19)6-11/h4-6,10,20,22H,7H2,1-3H3,(H,21,23)/t10-/m1/s1. The van der Waals surface area contributed by atoms with Crippen LogP contribution in [-0.4, -0.2) is 28.6 Å². The van der Waals surface area contributed by atoms with E-state index in [1.807, 2.05) is 0 Å². The number of benzene rings is 1. The fraction of sp³-hybridized carbons (Fsp3) is 0.294. The Morgan fingerprint density at radius 1 is 1.28 bits per heavy atom. The van der Waals surface area contributed by atoms with Crippen molar-refractivity contribution in [2.24, 2.45) is 0 Å². The van der Waals surface area contributed by atoms with Gasteiger partial charge in [-0.25, -0.2) is 13.6 Å². The summed E-state index contributed by atoms with van der Waals surface area (Å²) in [6.45, 7) is 4.35. The van der Waals surface area contributed by atoms with Crippen LogP contribution in [0.15, 0.2) is 18.2 Å². The fourth-order valence-electron chi connectivity index (χ4n) is 2.57. The van der Waals surface area contributed by atoms with Crippen LogP contribution >= 0.6 is 0 Å². The lowest BCUT2D eigenvalue weighted by Gasteiger charge is -2.07. The number of rotatable bonds is 5. The summed E-state index contributed by atoms with van der Waals surface area (Å²) in [6, 6.07) is 2.88. The van der Waals surface area contributed by atoms with E-state index in [9.17, 15) is 23.5 Å². The van der Waals surface area contributed by atoms with Gasteiger partial charge in [-0.15, -0.1) is 0 Å². The SMILES string of the molecule is Cc1[nH]c(C(=O)OCC(=O)Nc2ccc(F)c(F)c2)c(C)c1[C@@H](C)O. The van der Waals surface area contributed by atoms with E-state index < -0.39 is 36.2 Å². The van der Waals surface area contributed by atoms with Crippen molar-refractivity contribution >= 4 is 17.6 Å². The van der Waals surface area contributed by atoms with Crippen LogP contribution in [0.3, 0.4) is 0 Å². The van der Waals surface area contributed by atoms with Crippen LogP contribution < -0.4 is 5.32 Å². The molecule has 134 valence electrons. The van der Waals surface area contributed by atoms with Gasteiger partial charge < -0.3 is 20.1 Å². The summed E-state index contributed by atoms with van der Waals surface area (Å²) < 4.78 is 30.8. The van der Waals surface area contributed by atoms with E-state index in [4.69, 9.17) is 4.74 Å². The van der Waals surface area contributed by atoms with Gasteiger partial charge in [0.1, 0.15) is 5.69 Å². The molecule has 25 heavy (non-hydrogen) atoms. The minimum atomic E-state index is -1.10. The van der Waals surface area contributed by atoms with Crippen molar-refractivity contribution in [1.29, 1.82) is 0 Å². The molecule has 1 heterocycles. The number of halogens is 2. The predicted molar refractivity (Wildman–Crippen MR) is 86.2 cm³/mol. The highest BCUT2D eigenvalue weighted by Crippen LogP contribution is 2.24. The van der Waals surface area contributed by atoms with Gasteiger partial charge in [-0.05, 0) is 38.5 Å². The molecule has 0 fully saturated rings. The third-order valence-electron chi connectivity index (χ3n) is 3.66. The van der Waals surface area contributed by atoms with Gasteiger partial charge in [0, 0.05) is 23.0 Å². The molecule has 1 amide bonds. The molecular weight excluding hydrogens is 334 g/mol. The molecule has 1 atom stereocenters. The van der Waals surface area contributed by atoms with Crippen LogP contribution in [0.5, 0.6) is 0 Å². The van der Waals surface area contributed by atoms with Crippen LogP contribution in [-0.2, 0) is 9.53 Å². The number of carbonyl (C=O) groups is 2. The van der Waals surface area contributed by atoms with Crippen LogP contribution in [0.25, 0.3) is 0 Å². The fourth-order valence-corrected chi connectivity index (χ4v) is 2.57. The zero-order chi connectivity index (χ0) is 18.7. The molecule has 0 radical (unpaired) electrons. The molecular formula is C17H18F2N2O4. The minimum Gasteiger partial charge on any atom is -0.451 e. The third kappa shape index (κ3) is 4.21. The van der Waals surface area contributed by atoms with Gasteiger partial charge in [-0.1, -0.05) is 0 Å². The molecule has 0 aliphatic carbocycles. The lowest BCUT2D eigenvalue weighted by atomic mass is 10.1. The number of anilines is 1. The van der Waals surface area contributed by atoms with Gasteiger partial charge in [-0.2, -0.15) is 0 Å². The molecule has 0 saturated heterocycles. The van der Waals surface area contributed by atoms with Gasteiger partial charge in [0.2, 0.25) is 0 Å². The quantitative estimate of drug-likeness (QED) is 0.722. The largest absolute Gasteiger partial charge is 0.451 e. The van der Waals surface area contributed by atoms with E-state index in [0.29, 0.717) is 16.8 Å². The number of nitrogens with one attached hydrogen (secondary N) is 2. The number of aliphatic hydroxyl groups excluding tert-OH is 1. The second-order valence-corrected chi connectivity index (χ2v) is 5.59. The summed E-state index contributed by atoms with van der Waals surface area (Å²) >= 11 is 0. The first-order valence-electron chi connectivity index (χ1n) is 7.49. The molecule has 1 aromatic heterocycles. The molecule has 2 aromatic rings. The summed E-state index contributed by atoms with van der Waals surface area (Å²) in [5, 5.41) is 12.0. The highest BCUT2D eigenvalue weighted by Gasteiger charge is 2.21. The Morgan fingerprint density at radius 2 is 1.96 bits per heavy atom. The Balaban J connectivity index is 1.99. The normalized spacial score (nSPS) is 11.9. The Labute approximate surface area is 142 Å². The third-order valence-corrected chi connectivity index (χ3v) is 3.66. The molecule has 0 unspecified atom stereocenters. The average Bonchev–Trinajstić information content (AvgIpc) is 2.83. The van der Waals surface area contributed by atoms with Crippen molar-refractivity contribution in [2.45, 2.75) is 26.9 Å². The van der Waals surface area contributed by atoms with E-state index in [-0.39, 0.29) is 11.4 Å². The average molecular weight is 352 g/mol. The van der Waals surface area contributed by atoms with Gasteiger partial charge in [-0.3, -0.25) is 4.79 Å². The van der Waals surface area contributed by atoms with Crippen molar-refractivity contribution in [3.05, 3.63) is 52.3 Å². The molecule has 0 spiro atoms. The molecule has 1 aromatic carbocycles. The highest BCUT2D eigenvalue weighted by atomic mass is 19.2. The number of esters is 1. The molecule has 6 nitrogen and oxygen atoms in total. The summed E-state index contributed by atoms with van der Waals surface area (Å²) in [5.41, 5.74) is 1.96. The van der Waals surface area contributed by atoms with Crippen molar-refractivity contribution < 1.29 is 28.2 Å². The van der Waals surface area contributed by atoms with Crippen molar-refractivity contribution in [1.82, 2.24) is 4.98 Å². The maximum absolute atomic E-state index is 13.1. The van der Waals surface area contributed by atoms with Crippen LogP contribution in [0.4, 0.5) is 14.5 Å². The van der Waals surface area contributed by atoms with E-state index in [1.54, 1.807) is 20.8 Å². The second kappa shape index (κ2) is 7.43. The van der Waals surface area contributed by atoms with E-state index >= 15 is 0 Å². The number of H-pyrrole nitrogens is 1. The Bertz CT molecular complexity index is 815. The minimum absolute atomic E-state index is 0.0447. The van der Waals surface area contributed by atoms with Gasteiger partial charge in [0.25, 0.3) is 5.91 Å². The molecule has 0 aliphatic rings. The first-order chi connectivity index (χ1) is 11.7. The van der Waals surface area contributed by atoms with Gasteiger partial charge in [0.15, 0.2) is 18.2 Å². The van der Waals surface area contributed by atoms with Crippen LogP contribution in [0.2, 0.25) is 0 Å². The van der Waals surface area contributed by atoms with Crippen LogP contribution in [0.1, 0.15) is 40.3 Å². The maximum atomic E-state index is 13.1. The maximum Gasteiger partial charge on any atom is 0.355 e. The lowest BCUT2D eigenvalue weighted by molar-refractivity contribution is -0.119. The number of aryl methyl sites for hydroxylation is 1. The second-order valence-electron chi connectivity index (χ2n) is 5.59. The number of hydrogen-bond acceptors (Lipinski definition) is 4. The number of aromatic amines is 1. The van der Waals surface area contributed by atoms with Gasteiger partial charge in [0.05, 0.1) is 6.10 Å². The number of hydrogen-bond donors (Lipinski definition) is 3. The summed E-state index contributed by atoms with van der Waals surface area (Å²) in [5.74, 6) is -3.59. The first kappa shape index (κ1) is 18.6. The monoisotopic (exact) mass is 352 g/mol. The van der Waals surface area contributed by atoms with E-state index in [2.05, 4.69) is 10.3 Å². The topological polar surface area (TPSA) is 91.4 Å². The number of amides is 1.